The molecule has 0 saturated heterocycles. The fourth-order valence-corrected chi connectivity index (χ4v) is 2.80. The molecule has 8 nitrogen and oxygen atoms in total. The van der Waals surface area contributed by atoms with Gasteiger partial charge in [0.1, 0.15) is 18.3 Å². The van der Waals surface area contributed by atoms with Gasteiger partial charge in [-0.3, -0.25) is 14.2 Å². The average Bonchev–Trinajstić information content (AvgIpc) is 3.08. The van der Waals surface area contributed by atoms with Gasteiger partial charge in [-0.15, -0.1) is 0 Å². The van der Waals surface area contributed by atoms with E-state index in [-0.39, 0.29) is 31.0 Å². The van der Waals surface area contributed by atoms with Crippen LogP contribution in [0.15, 0.2) is 41.6 Å². The van der Waals surface area contributed by atoms with Crippen LogP contribution in [-0.4, -0.2) is 45.5 Å². The molecule has 1 N–H and O–H groups in total. The minimum Gasteiger partial charge on any atom is -0.375 e. The monoisotopic (exact) mass is 409 g/mol. The van der Waals surface area contributed by atoms with Crippen molar-refractivity contribution in [3.8, 4) is 0 Å². The summed E-state index contributed by atoms with van der Waals surface area (Å²) < 4.78 is 46.0. The Kier molecular flexibility index (Phi) is 5.97. The molecule has 0 fully saturated rings. The van der Waals surface area contributed by atoms with E-state index in [1.54, 1.807) is 0 Å². The predicted octanol–water partition coefficient (Wildman–Crippen LogP) is 1.42. The maximum absolute atomic E-state index is 12.9. The highest BCUT2D eigenvalue weighted by Gasteiger charge is 2.30. The Morgan fingerprint density at radius 2 is 2.10 bits per heavy atom. The van der Waals surface area contributed by atoms with Crippen molar-refractivity contribution in [3.05, 3.63) is 58.3 Å². The van der Waals surface area contributed by atoms with Crippen LogP contribution in [0.25, 0.3) is 11.0 Å². The van der Waals surface area contributed by atoms with Crippen LogP contribution in [0.2, 0.25) is 0 Å². The lowest BCUT2D eigenvalue weighted by atomic mass is 10.1. The fourth-order valence-electron chi connectivity index (χ4n) is 2.80. The molecule has 0 unspecified atom stereocenters. The van der Waals surface area contributed by atoms with Gasteiger partial charge in [-0.05, 0) is 17.7 Å². The molecule has 1 aromatic carbocycles. The number of fused-ring (bicyclic) bond motifs is 1. The molecular weight excluding hydrogens is 391 g/mol. The Morgan fingerprint density at radius 3 is 2.83 bits per heavy atom. The molecule has 29 heavy (non-hydrogen) atoms. The van der Waals surface area contributed by atoms with E-state index in [2.05, 4.69) is 15.4 Å². The fraction of sp³-hybridized carbons (Fsp3) is 0.333. The number of carbonyl (C=O) groups is 1. The van der Waals surface area contributed by atoms with Gasteiger partial charge in [-0.1, -0.05) is 12.1 Å². The van der Waals surface area contributed by atoms with Crippen molar-refractivity contribution < 1.29 is 22.7 Å². The van der Waals surface area contributed by atoms with Crippen LogP contribution in [0.4, 0.5) is 13.2 Å². The van der Waals surface area contributed by atoms with Crippen LogP contribution >= 0.6 is 0 Å². The zero-order valence-corrected chi connectivity index (χ0v) is 15.4. The number of hydrogen-bond donors (Lipinski definition) is 1. The van der Waals surface area contributed by atoms with Crippen molar-refractivity contribution in [1.82, 2.24) is 24.6 Å². The van der Waals surface area contributed by atoms with E-state index >= 15 is 0 Å². The lowest BCUT2D eigenvalue weighted by molar-refractivity contribution is -0.137. The van der Waals surface area contributed by atoms with E-state index in [1.807, 2.05) is 0 Å². The molecule has 3 rings (SSSR count). The van der Waals surface area contributed by atoms with Gasteiger partial charge >= 0.3 is 6.18 Å². The Bertz CT molecular complexity index is 1070. The van der Waals surface area contributed by atoms with Crippen LogP contribution in [0.3, 0.4) is 0 Å². The third-order valence-electron chi connectivity index (χ3n) is 4.15. The van der Waals surface area contributed by atoms with Crippen molar-refractivity contribution in [2.75, 3.05) is 20.3 Å². The number of nitrogens with one attached hydrogen (secondary N) is 1. The SMILES string of the molecule is COCC(=O)NCCn1ncc2c(=O)n(Cc3cccc(C(F)(F)F)c3)cnc21. The summed E-state index contributed by atoms with van der Waals surface area (Å²) >= 11 is 0. The largest absolute Gasteiger partial charge is 0.416 e. The topological polar surface area (TPSA) is 91.0 Å². The molecule has 0 aliphatic heterocycles. The minimum atomic E-state index is -4.46. The van der Waals surface area contributed by atoms with Gasteiger partial charge in [-0.2, -0.15) is 18.3 Å². The highest BCUT2D eigenvalue weighted by Crippen LogP contribution is 2.29. The highest BCUT2D eigenvalue weighted by atomic mass is 19.4. The van der Waals surface area contributed by atoms with Crippen molar-refractivity contribution in [3.63, 3.8) is 0 Å². The van der Waals surface area contributed by atoms with E-state index in [0.29, 0.717) is 17.8 Å². The summed E-state index contributed by atoms with van der Waals surface area (Å²) in [6.07, 6.45) is -1.83. The minimum absolute atomic E-state index is 0.0516. The number of benzene rings is 1. The Labute approximate surface area is 162 Å². The normalized spacial score (nSPS) is 11.7. The quantitative estimate of drug-likeness (QED) is 0.638. The zero-order chi connectivity index (χ0) is 21.0. The number of amides is 1. The number of nitrogens with zero attached hydrogens (tertiary/aromatic N) is 4. The van der Waals surface area contributed by atoms with Crippen LogP contribution in [0.5, 0.6) is 0 Å². The molecule has 0 bridgehead atoms. The van der Waals surface area contributed by atoms with Gasteiger partial charge in [0.2, 0.25) is 5.91 Å². The van der Waals surface area contributed by atoms with Crippen LogP contribution < -0.4 is 10.9 Å². The number of ether oxygens (including phenoxy) is 1. The maximum Gasteiger partial charge on any atom is 0.416 e. The molecule has 1 amide bonds. The van der Waals surface area contributed by atoms with Crippen molar-refractivity contribution >= 4 is 16.9 Å². The van der Waals surface area contributed by atoms with Gasteiger partial charge in [0, 0.05) is 13.7 Å². The molecule has 0 aliphatic carbocycles. The standard InChI is InChI=1S/C18H18F3N5O3/c1-29-10-15(27)22-5-6-26-16-14(8-24-26)17(28)25(11-23-16)9-12-3-2-4-13(7-12)18(19,20)21/h2-4,7-8,11H,5-6,9-10H2,1H3,(H,22,27). The number of methoxy groups -OCH3 is 1. The van der Waals surface area contributed by atoms with Crippen molar-refractivity contribution in [2.24, 2.45) is 0 Å². The number of carbonyl (C=O) groups excluding carboxylic acids is 1. The van der Waals surface area contributed by atoms with Crippen molar-refractivity contribution in [2.45, 2.75) is 19.3 Å². The molecule has 2 aromatic heterocycles. The second kappa shape index (κ2) is 8.43. The number of alkyl halides is 3. The van der Waals surface area contributed by atoms with Gasteiger partial charge in [-0.25, -0.2) is 9.67 Å². The summed E-state index contributed by atoms with van der Waals surface area (Å²) in [4.78, 5) is 28.3. The second-order valence-corrected chi connectivity index (χ2v) is 6.26. The Morgan fingerprint density at radius 1 is 1.31 bits per heavy atom. The Balaban J connectivity index is 1.78. The van der Waals surface area contributed by atoms with E-state index in [4.69, 9.17) is 4.74 Å². The van der Waals surface area contributed by atoms with Crippen LogP contribution in [0, 0.1) is 0 Å². The van der Waals surface area contributed by atoms with Crippen molar-refractivity contribution in [1.29, 1.82) is 0 Å². The van der Waals surface area contributed by atoms with E-state index in [0.717, 1.165) is 12.1 Å². The number of hydrogen-bond acceptors (Lipinski definition) is 5. The molecule has 3 aromatic rings. The molecular formula is C18H18F3N5O3. The maximum atomic E-state index is 12.9. The first-order chi connectivity index (χ1) is 13.8. The number of halogens is 3. The first kappa shape index (κ1) is 20.5. The number of rotatable bonds is 7. The summed E-state index contributed by atoms with van der Waals surface area (Å²) in [5.41, 5.74) is -0.532. The molecule has 154 valence electrons. The molecule has 0 aliphatic rings. The molecule has 0 saturated carbocycles. The molecule has 2 heterocycles. The summed E-state index contributed by atoms with van der Waals surface area (Å²) in [7, 11) is 1.41. The third-order valence-corrected chi connectivity index (χ3v) is 4.15. The summed E-state index contributed by atoms with van der Waals surface area (Å²) in [5, 5.41) is 6.98. The first-order valence-corrected chi connectivity index (χ1v) is 8.62. The highest BCUT2D eigenvalue weighted by molar-refractivity contribution is 5.77. The lowest BCUT2D eigenvalue weighted by Gasteiger charge is -2.10. The first-order valence-electron chi connectivity index (χ1n) is 8.62. The van der Waals surface area contributed by atoms with Gasteiger partial charge in [0.25, 0.3) is 5.56 Å². The average molecular weight is 409 g/mol. The molecule has 0 atom stereocenters. The smallest absolute Gasteiger partial charge is 0.375 e. The zero-order valence-electron chi connectivity index (χ0n) is 15.4. The molecule has 0 radical (unpaired) electrons. The molecule has 0 spiro atoms. The molecule has 11 heteroatoms. The lowest BCUT2D eigenvalue weighted by Crippen LogP contribution is -2.30. The summed E-state index contributed by atoms with van der Waals surface area (Å²) in [5.74, 6) is -0.277. The third kappa shape index (κ3) is 4.80. The van der Waals surface area contributed by atoms with E-state index in [9.17, 15) is 22.8 Å². The van der Waals surface area contributed by atoms with Gasteiger partial charge in [0.05, 0.1) is 24.8 Å². The van der Waals surface area contributed by atoms with Gasteiger partial charge < -0.3 is 10.1 Å². The van der Waals surface area contributed by atoms with Crippen LogP contribution in [-0.2, 0) is 28.8 Å². The second-order valence-electron chi connectivity index (χ2n) is 6.26. The predicted molar refractivity (Wildman–Crippen MR) is 97.2 cm³/mol. The summed E-state index contributed by atoms with van der Waals surface area (Å²) in [6, 6.07) is 4.79. The van der Waals surface area contributed by atoms with Crippen LogP contribution in [0.1, 0.15) is 11.1 Å². The number of aromatic nitrogens is 4. The van der Waals surface area contributed by atoms with Gasteiger partial charge in [0.15, 0.2) is 5.65 Å². The summed E-state index contributed by atoms with van der Waals surface area (Å²) in [6.45, 7) is 0.458. The van der Waals surface area contributed by atoms with E-state index < -0.39 is 17.3 Å². The van der Waals surface area contributed by atoms with E-state index in [1.165, 1.54) is 41.0 Å². The Hall–Kier alpha value is -3.21.